The zero-order chi connectivity index (χ0) is 29.1. The molecule has 6 nitrogen and oxygen atoms in total. The highest BCUT2D eigenvalue weighted by atomic mass is 35.5. The summed E-state index contributed by atoms with van der Waals surface area (Å²) in [6.07, 6.45) is -4.53. The predicted octanol–water partition coefficient (Wildman–Crippen LogP) is 7.12. The summed E-state index contributed by atoms with van der Waals surface area (Å²) in [5, 5.41) is 7.94. The van der Waals surface area contributed by atoms with Crippen molar-refractivity contribution < 1.29 is 22.8 Å². The maximum absolute atomic E-state index is 13.4. The summed E-state index contributed by atoms with van der Waals surface area (Å²) in [5.74, 6) is -0.725. The molecule has 0 spiro atoms. The summed E-state index contributed by atoms with van der Waals surface area (Å²) in [6.45, 7) is 5.69. The second kappa shape index (κ2) is 11.6. The van der Waals surface area contributed by atoms with E-state index in [9.17, 15) is 22.8 Å². The molecule has 0 atom stereocenters. The minimum Gasteiger partial charge on any atom is -0.325 e. The first kappa shape index (κ1) is 28.9. The normalized spacial score (nSPS) is 11.8. The first-order chi connectivity index (χ1) is 18.8. The lowest BCUT2D eigenvalue weighted by Gasteiger charge is -2.23. The largest absolute Gasteiger partial charge is 0.416 e. The molecule has 1 aromatic heterocycles. The van der Waals surface area contributed by atoms with Gasteiger partial charge in [0.25, 0.3) is 5.91 Å². The van der Waals surface area contributed by atoms with Crippen LogP contribution in [0.2, 0.25) is 5.02 Å². The molecule has 10 heteroatoms. The molecule has 3 aromatic carbocycles. The summed E-state index contributed by atoms with van der Waals surface area (Å²) in [5.41, 5.74) is 0.879. The van der Waals surface area contributed by atoms with Gasteiger partial charge in [0.05, 0.1) is 22.0 Å². The molecule has 1 N–H and O–H groups in total. The van der Waals surface area contributed by atoms with Gasteiger partial charge in [0, 0.05) is 23.6 Å². The lowest BCUT2D eigenvalue weighted by Crippen LogP contribution is -2.38. The van der Waals surface area contributed by atoms with Crippen molar-refractivity contribution >= 4 is 29.2 Å². The van der Waals surface area contributed by atoms with E-state index in [4.69, 9.17) is 11.6 Å². The molecular weight excluding hydrogens is 541 g/mol. The molecule has 0 aliphatic carbocycles. The van der Waals surface area contributed by atoms with Gasteiger partial charge in [-0.3, -0.25) is 9.59 Å². The second-order valence-electron chi connectivity index (χ2n) is 10.3. The van der Waals surface area contributed by atoms with E-state index in [0.717, 1.165) is 29.8 Å². The van der Waals surface area contributed by atoms with Gasteiger partial charge in [0.2, 0.25) is 5.91 Å². The van der Waals surface area contributed by atoms with Crippen LogP contribution in [0.4, 0.5) is 19.0 Å². The van der Waals surface area contributed by atoms with Crippen LogP contribution in [-0.2, 0) is 22.9 Å². The lowest BCUT2D eigenvalue weighted by molar-refractivity contribution is -0.137. The summed E-state index contributed by atoms with van der Waals surface area (Å²) in [7, 11) is 0. The highest BCUT2D eigenvalue weighted by Gasteiger charge is 2.31. The minimum absolute atomic E-state index is 0.0351. The molecule has 208 valence electrons. The van der Waals surface area contributed by atoms with Crippen LogP contribution in [0.3, 0.4) is 0 Å². The molecule has 0 saturated heterocycles. The molecule has 1 heterocycles. The number of benzene rings is 3. The smallest absolute Gasteiger partial charge is 0.325 e. The fourth-order valence-electron chi connectivity index (χ4n) is 3.99. The van der Waals surface area contributed by atoms with Gasteiger partial charge >= 0.3 is 6.18 Å². The number of hydrogen-bond donors (Lipinski definition) is 1. The Hall–Kier alpha value is -4.11. The van der Waals surface area contributed by atoms with Crippen LogP contribution in [0.5, 0.6) is 0 Å². The van der Waals surface area contributed by atoms with E-state index in [0.29, 0.717) is 22.2 Å². The maximum Gasteiger partial charge on any atom is 0.416 e. The van der Waals surface area contributed by atoms with Crippen molar-refractivity contribution in [3.8, 4) is 5.69 Å². The van der Waals surface area contributed by atoms with Crippen molar-refractivity contribution in [2.24, 2.45) is 0 Å². The monoisotopic (exact) mass is 568 g/mol. The number of hydrogen-bond acceptors (Lipinski definition) is 3. The fourth-order valence-corrected chi connectivity index (χ4v) is 4.20. The highest BCUT2D eigenvalue weighted by Crippen LogP contribution is 2.30. The molecule has 0 radical (unpaired) electrons. The summed E-state index contributed by atoms with van der Waals surface area (Å²) >= 11 is 6.42. The molecule has 0 unspecified atom stereocenters. The molecule has 0 aliphatic rings. The number of aromatic nitrogens is 2. The minimum atomic E-state index is -4.53. The number of nitrogens with one attached hydrogen (secondary N) is 1. The maximum atomic E-state index is 13.4. The molecule has 40 heavy (non-hydrogen) atoms. The third kappa shape index (κ3) is 6.90. The van der Waals surface area contributed by atoms with Crippen LogP contribution >= 0.6 is 11.6 Å². The Kier molecular flexibility index (Phi) is 8.34. The van der Waals surface area contributed by atoms with Gasteiger partial charge in [-0.05, 0) is 42.0 Å². The molecule has 0 fully saturated rings. The van der Waals surface area contributed by atoms with E-state index in [-0.39, 0.29) is 24.1 Å². The number of nitrogens with zero attached hydrogens (tertiary/aromatic N) is 3. The summed E-state index contributed by atoms with van der Waals surface area (Å²) in [6, 6.07) is 21.8. The van der Waals surface area contributed by atoms with E-state index in [1.165, 1.54) is 4.90 Å². The van der Waals surface area contributed by atoms with Gasteiger partial charge in [-0.15, -0.1) is 0 Å². The lowest BCUT2D eigenvalue weighted by atomic mass is 9.92. The van der Waals surface area contributed by atoms with Crippen molar-refractivity contribution in [3.05, 3.63) is 112 Å². The number of carbonyl (C=O) groups excluding carboxylic acids is 2. The fraction of sp³-hybridized carbons (Fsp3) is 0.233. The standard InChI is InChI=1S/C30H28ClF3N4O2/c1-29(2,3)25-17-26(38(36-25)24-12-8-7-11-23(24)31)35-27(39)19-37(18-20-9-5-4-6-10-20)28(40)21-13-15-22(16-14-21)30(32,33)34/h4-17H,18-19H2,1-3H3,(H,35,39). The van der Waals surface area contributed by atoms with Crippen molar-refractivity contribution in [2.75, 3.05) is 11.9 Å². The number of amides is 2. The number of alkyl halides is 3. The van der Waals surface area contributed by atoms with Crippen LogP contribution in [0, 0.1) is 0 Å². The third-order valence-corrected chi connectivity index (χ3v) is 6.44. The quantitative estimate of drug-likeness (QED) is 0.258. The van der Waals surface area contributed by atoms with Gasteiger partial charge in [0.15, 0.2) is 0 Å². The Bertz CT molecular complexity index is 1490. The average Bonchev–Trinajstić information content (AvgIpc) is 3.32. The Balaban J connectivity index is 1.62. The number of halogens is 4. The first-order valence-corrected chi connectivity index (χ1v) is 12.9. The Labute approximate surface area is 235 Å². The molecular formula is C30H28ClF3N4O2. The number of para-hydroxylation sites is 1. The van der Waals surface area contributed by atoms with E-state index in [1.54, 1.807) is 59.3 Å². The van der Waals surface area contributed by atoms with Crippen LogP contribution in [0.25, 0.3) is 5.69 Å². The van der Waals surface area contributed by atoms with Crippen molar-refractivity contribution in [2.45, 2.75) is 38.9 Å². The van der Waals surface area contributed by atoms with Gasteiger partial charge in [-0.1, -0.05) is 74.8 Å². The van der Waals surface area contributed by atoms with E-state index >= 15 is 0 Å². The number of anilines is 1. The van der Waals surface area contributed by atoms with Crippen LogP contribution in [0.1, 0.15) is 48.0 Å². The van der Waals surface area contributed by atoms with Crippen LogP contribution in [0.15, 0.2) is 84.9 Å². The highest BCUT2D eigenvalue weighted by molar-refractivity contribution is 6.32. The second-order valence-corrected chi connectivity index (χ2v) is 10.7. The molecule has 4 rings (SSSR count). The van der Waals surface area contributed by atoms with E-state index < -0.39 is 23.6 Å². The zero-order valence-corrected chi connectivity index (χ0v) is 22.9. The first-order valence-electron chi connectivity index (χ1n) is 12.5. The molecule has 2 amide bonds. The van der Waals surface area contributed by atoms with Crippen LogP contribution < -0.4 is 5.32 Å². The topological polar surface area (TPSA) is 67.2 Å². The Morgan fingerprint density at radius 1 is 0.925 bits per heavy atom. The molecule has 4 aromatic rings. The van der Waals surface area contributed by atoms with E-state index in [2.05, 4.69) is 10.4 Å². The van der Waals surface area contributed by atoms with Gasteiger partial charge in [-0.2, -0.15) is 18.3 Å². The van der Waals surface area contributed by atoms with Crippen molar-refractivity contribution in [1.29, 1.82) is 0 Å². The SMILES string of the molecule is CC(C)(C)c1cc(NC(=O)CN(Cc2ccccc2)C(=O)c2ccc(C(F)(F)F)cc2)n(-c2ccccc2Cl)n1. The predicted molar refractivity (Wildman–Crippen MR) is 149 cm³/mol. The van der Waals surface area contributed by atoms with E-state index in [1.807, 2.05) is 26.8 Å². The average molecular weight is 569 g/mol. The molecule has 0 saturated carbocycles. The van der Waals surface area contributed by atoms with Gasteiger partial charge < -0.3 is 10.2 Å². The zero-order valence-electron chi connectivity index (χ0n) is 22.2. The Morgan fingerprint density at radius 2 is 1.55 bits per heavy atom. The van der Waals surface area contributed by atoms with Crippen molar-refractivity contribution in [1.82, 2.24) is 14.7 Å². The van der Waals surface area contributed by atoms with Gasteiger partial charge in [0.1, 0.15) is 12.4 Å². The molecule has 0 aliphatic heterocycles. The van der Waals surface area contributed by atoms with Gasteiger partial charge in [-0.25, -0.2) is 4.68 Å². The summed E-state index contributed by atoms with van der Waals surface area (Å²) < 4.78 is 40.7. The number of carbonyl (C=O) groups is 2. The third-order valence-electron chi connectivity index (χ3n) is 6.12. The number of rotatable bonds is 7. The van der Waals surface area contributed by atoms with Crippen LogP contribution in [-0.4, -0.2) is 33.0 Å². The molecule has 0 bridgehead atoms. The Morgan fingerprint density at radius 3 is 2.15 bits per heavy atom. The summed E-state index contributed by atoms with van der Waals surface area (Å²) in [4.78, 5) is 28.0. The van der Waals surface area contributed by atoms with Crippen molar-refractivity contribution in [3.63, 3.8) is 0 Å².